The third-order valence-corrected chi connectivity index (χ3v) is 0.821. The Morgan fingerprint density at radius 3 is 1.73 bits per heavy atom. The van der Waals surface area contributed by atoms with Gasteiger partial charge in [0.25, 0.3) is 0 Å². The van der Waals surface area contributed by atoms with E-state index in [0.717, 1.165) is 0 Å². The van der Waals surface area contributed by atoms with Crippen LogP contribution in [0.4, 0.5) is 0 Å². The lowest BCUT2D eigenvalue weighted by atomic mass is 12.9. The SMILES string of the molecule is [N-]=[N+]=NOS(=O)(=O)ON=[N+]=[N-]. The topological polar surface area (TPSA) is 150 Å². The first-order chi connectivity index (χ1) is 5.12. The summed E-state index contributed by atoms with van der Waals surface area (Å²) in [5.74, 6) is 0. The molecule has 0 spiro atoms. The van der Waals surface area contributed by atoms with Gasteiger partial charge in [0.1, 0.15) is 10.6 Å². The zero-order valence-corrected chi connectivity index (χ0v) is 5.54. The van der Waals surface area contributed by atoms with Crippen LogP contribution in [0.3, 0.4) is 0 Å². The van der Waals surface area contributed by atoms with Crippen molar-refractivity contribution in [2.24, 2.45) is 10.6 Å². The minimum absolute atomic E-state index is 1.94. The number of hydrogen-bond donors (Lipinski definition) is 0. The van der Waals surface area contributed by atoms with Gasteiger partial charge in [-0.1, -0.05) is 0 Å². The van der Waals surface area contributed by atoms with Crippen LogP contribution in [0.1, 0.15) is 0 Å². The van der Waals surface area contributed by atoms with E-state index in [1.54, 1.807) is 0 Å². The number of rotatable bonds is 4. The molecule has 0 bridgehead atoms. The second kappa shape index (κ2) is 4.06. The number of azide groups is 2. The Kier molecular flexibility index (Phi) is 3.39. The fourth-order valence-electron chi connectivity index (χ4n) is 0.125. The van der Waals surface area contributed by atoms with Crippen molar-refractivity contribution in [3.05, 3.63) is 20.9 Å². The Morgan fingerprint density at radius 1 is 1.09 bits per heavy atom. The molecule has 0 radical (unpaired) electrons. The predicted octanol–water partition coefficient (Wildman–Crippen LogP) is 0.715. The van der Waals surface area contributed by atoms with Crippen LogP contribution in [-0.4, -0.2) is 8.42 Å². The largest absolute Gasteiger partial charge is 0.514 e. The molecule has 0 aromatic carbocycles. The average molecular weight is 180 g/mol. The molecule has 0 amide bonds. The molecule has 0 atom stereocenters. The molecule has 0 aliphatic carbocycles. The molecule has 0 aromatic rings. The van der Waals surface area contributed by atoms with Gasteiger partial charge in [-0.3, -0.25) is 8.57 Å². The quantitative estimate of drug-likeness (QED) is 0.270. The Hall–Kier alpha value is -1.83. The van der Waals surface area contributed by atoms with Crippen molar-refractivity contribution in [3.63, 3.8) is 0 Å². The average Bonchev–Trinajstić information content (AvgIpc) is 1.97. The summed E-state index contributed by atoms with van der Waals surface area (Å²) in [5.41, 5.74) is 15.1. The molecule has 0 rings (SSSR count). The Morgan fingerprint density at radius 2 is 1.45 bits per heavy atom. The van der Waals surface area contributed by atoms with Gasteiger partial charge in [-0.05, 0) is 11.1 Å². The summed E-state index contributed by atoms with van der Waals surface area (Å²) >= 11 is 0. The highest BCUT2D eigenvalue weighted by molar-refractivity contribution is 7.81. The standard InChI is InChI=1S/N6O4S/c1-3-5-9-11(7,8)10-6-4-2. The van der Waals surface area contributed by atoms with E-state index in [4.69, 9.17) is 11.1 Å². The fraction of sp³-hybridized carbons (Fsp3) is 0. The van der Waals surface area contributed by atoms with Gasteiger partial charge in [-0.25, -0.2) is 0 Å². The summed E-state index contributed by atoms with van der Waals surface area (Å²) in [7, 11) is -4.55. The van der Waals surface area contributed by atoms with E-state index in [9.17, 15) is 8.42 Å². The lowest BCUT2D eigenvalue weighted by Crippen LogP contribution is -2.00. The second-order valence-corrected chi connectivity index (χ2v) is 2.01. The molecule has 0 fully saturated rings. The zero-order valence-electron chi connectivity index (χ0n) is 4.72. The Bertz CT molecular complexity index is 275. The summed E-state index contributed by atoms with van der Waals surface area (Å²) in [6, 6.07) is 0. The van der Waals surface area contributed by atoms with E-state index >= 15 is 0 Å². The molecular weight excluding hydrogens is 180 g/mol. The third-order valence-electron chi connectivity index (χ3n) is 0.322. The molecule has 60 valence electrons. The van der Waals surface area contributed by atoms with Crippen LogP contribution >= 0.6 is 0 Å². The summed E-state index contributed by atoms with van der Waals surface area (Å²) in [6.45, 7) is 0. The molecule has 0 saturated heterocycles. The van der Waals surface area contributed by atoms with Crippen LogP contribution in [0.25, 0.3) is 20.9 Å². The minimum Gasteiger partial charge on any atom is -0.279 e. The van der Waals surface area contributed by atoms with E-state index in [1.165, 1.54) is 0 Å². The van der Waals surface area contributed by atoms with Crippen molar-refractivity contribution in [3.8, 4) is 0 Å². The van der Waals surface area contributed by atoms with Crippen molar-refractivity contribution in [1.29, 1.82) is 0 Å². The second-order valence-electron chi connectivity index (χ2n) is 0.900. The lowest BCUT2D eigenvalue weighted by molar-refractivity contribution is 0.222. The molecular formula is N6O4S. The van der Waals surface area contributed by atoms with Gasteiger partial charge in [0.05, 0.1) is 0 Å². The molecule has 10 nitrogen and oxygen atoms in total. The highest BCUT2D eigenvalue weighted by Crippen LogP contribution is 1.96. The van der Waals surface area contributed by atoms with Gasteiger partial charge >= 0.3 is 10.4 Å². The van der Waals surface area contributed by atoms with E-state index in [1.807, 2.05) is 9.82 Å². The molecule has 0 unspecified atom stereocenters. The van der Waals surface area contributed by atoms with Gasteiger partial charge < -0.3 is 0 Å². The van der Waals surface area contributed by atoms with Gasteiger partial charge in [0, 0.05) is 9.82 Å². The molecule has 11 heavy (non-hydrogen) atoms. The molecule has 11 heteroatoms. The normalized spacial score (nSPS) is 8.73. The van der Waals surface area contributed by atoms with Crippen molar-refractivity contribution < 1.29 is 17.0 Å². The van der Waals surface area contributed by atoms with Crippen molar-refractivity contribution in [1.82, 2.24) is 0 Å². The van der Waals surface area contributed by atoms with Gasteiger partial charge in [-0.2, -0.15) is 0 Å². The lowest BCUT2D eigenvalue weighted by Gasteiger charge is -1.92. The first-order valence-corrected chi connectivity index (χ1v) is 3.17. The van der Waals surface area contributed by atoms with E-state index in [2.05, 4.69) is 19.1 Å². The van der Waals surface area contributed by atoms with E-state index in [-0.39, 0.29) is 0 Å². The minimum atomic E-state index is -4.55. The van der Waals surface area contributed by atoms with Crippen molar-refractivity contribution in [2.75, 3.05) is 0 Å². The monoisotopic (exact) mass is 180 g/mol. The zero-order chi connectivity index (χ0) is 8.74. The maximum absolute atomic E-state index is 10.2. The van der Waals surface area contributed by atoms with Crippen molar-refractivity contribution >= 4 is 10.4 Å². The first-order valence-electron chi connectivity index (χ1n) is 1.83. The first kappa shape index (κ1) is 9.17. The number of nitrogens with zero attached hydrogens (tertiary/aromatic N) is 6. The van der Waals surface area contributed by atoms with Gasteiger partial charge in [0.15, 0.2) is 0 Å². The highest BCUT2D eigenvalue weighted by Gasteiger charge is 2.09. The summed E-state index contributed by atoms with van der Waals surface area (Å²) in [4.78, 5) is 3.88. The molecule has 0 aliphatic heterocycles. The predicted molar refractivity (Wildman–Crippen MR) is 29.4 cm³/mol. The summed E-state index contributed by atoms with van der Waals surface area (Å²) < 4.78 is 27.1. The Balaban J connectivity index is 4.23. The van der Waals surface area contributed by atoms with Gasteiger partial charge in [0.2, 0.25) is 0 Å². The number of hydrogen-bond acceptors (Lipinski definition) is 6. The maximum Gasteiger partial charge on any atom is 0.514 e. The maximum atomic E-state index is 10.2. The molecule has 0 heterocycles. The molecule has 0 N–H and O–H groups in total. The van der Waals surface area contributed by atoms with Crippen LogP contribution in [0.2, 0.25) is 0 Å². The summed E-state index contributed by atoms with van der Waals surface area (Å²) in [6.07, 6.45) is 0. The highest BCUT2D eigenvalue weighted by atomic mass is 32.3. The van der Waals surface area contributed by atoms with E-state index in [0.29, 0.717) is 0 Å². The summed E-state index contributed by atoms with van der Waals surface area (Å²) in [5, 5.41) is 4.36. The van der Waals surface area contributed by atoms with Crippen molar-refractivity contribution in [2.45, 2.75) is 0 Å². The molecule has 0 aromatic heterocycles. The third kappa shape index (κ3) is 4.66. The van der Waals surface area contributed by atoms with E-state index < -0.39 is 10.4 Å². The van der Waals surface area contributed by atoms with Gasteiger partial charge in [-0.15, -0.1) is 8.42 Å². The van der Waals surface area contributed by atoms with Crippen LogP contribution in [0, 0.1) is 0 Å². The Labute approximate surface area is 59.8 Å². The van der Waals surface area contributed by atoms with Crippen LogP contribution in [0.15, 0.2) is 10.6 Å². The van der Waals surface area contributed by atoms with Crippen LogP contribution in [0.5, 0.6) is 0 Å². The fourth-order valence-corrected chi connectivity index (χ4v) is 0.375. The molecule has 0 aliphatic rings. The van der Waals surface area contributed by atoms with Crippen LogP contribution < -0.4 is 0 Å². The van der Waals surface area contributed by atoms with Crippen LogP contribution in [-0.2, 0) is 19.0 Å². The smallest absolute Gasteiger partial charge is 0.279 e. The molecule has 0 saturated carbocycles.